The predicted octanol–water partition coefficient (Wildman–Crippen LogP) is 0.982. The summed E-state index contributed by atoms with van der Waals surface area (Å²) in [5, 5.41) is 9.41. The van der Waals surface area contributed by atoms with Gasteiger partial charge in [-0.2, -0.15) is 0 Å². The molecule has 1 N–H and O–H groups in total. The molecule has 0 atom stereocenters. The molecule has 0 unspecified atom stereocenters. The Morgan fingerprint density at radius 1 is 1.42 bits per heavy atom. The van der Waals surface area contributed by atoms with E-state index in [0.29, 0.717) is 5.52 Å². The lowest BCUT2D eigenvalue weighted by molar-refractivity contribution is 0.478. The Morgan fingerprint density at radius 3 is 2.83 bits per heavy atom. The molecule has 0 saturated carbocycles. The molecule has 4 nitrogen and oxygen atoms in total. The first-order valence-corrected chi connectivity index (χ1v) is 3.65. The monoisotopic (exact) mass is 163 g/mol. The Labute approximate surface area is 69.5 Å². The van der Waals surface area contributed by atoms with Crippen molar-refractivity contribution in [3.05, 3.63) is 18.2 Å². The molecule has 0 fully saturated rings. The minimum Gasteiger partial charge on any atom is -0.504 e. The highest BCUT2D eigenvalue weighted by molar-refractivity contribution is 5.83. The molecule has 0 aliphatic carbocycles. The fraction of sp³-hybridized carbons (Fsp3) is 0.250. The van der Waals surface area contributed by atoms with Crippen molar-refractivity contribution in [2.24, 2.45) is 7.05 Å². The summed E-state index contributed by atoms with van der Waals surface area (Å²) >= 11 is 0. The largest absolute Gasteiger partial charge is 0.504 e. The maximum atomic E-state index is 9.41. The molecule has 0 radical (unpaired) electrons. The molecule has 2 aromatic rings. The van der Waals surface area contributed by atoms with E-state index in [9.17, 15) is 5.11 Å². The summed E-state index contributed by atoms with van der Waals surface area (Å²) in [5.74, 6) is 0.206. The molecule has 2 rings (SSSR count). The standard InChI is InChI=1S/C8H9N3O/c1-5-8-7(10-4-9-5)6(12)3-11(8)2/h3-4,12H,1-2H3. The highest BCUT2D eigenvalue weighted by Gasteiger charge is 2.08. The highest BCUT2D eigenvalue weighted by Crippen LogP contribution is 2.24. The van der Waals surface area contributed by atoms with Gasteiger partial charge in [-0.25, -0.2) is 9.97 Å². The number of nitrogens with zero attached hydrogens (tertiary/aromatic N) is 3. The summed E-state index contributed by atoms with van der Waals surface area (Å²) in [6, 6.07) is 0. The Morgan fingerprint density at radius 2 is 2.17 bits per heavy atom. The van der Waals surface area contributed by atoms with E-state index in [0.717, 1.165) is 11.2 Å². The van der Waals surface area contributed by atoms with E-state index in [2.05, 4.69) is 9.97 Å². The summed E-state index contributed by atoms with van der Waals surface area (Å²) in [4.78, 5) is 8.02. The Bertz CT molecular complexity index is 433. The molecule has 4 heteroatoms. The van der Waals surface area contributed by atoms with Crippen LogP contribution in [-0.2, 0) is 7.05 Å². The third-order valence-electron chi connectivity index (χ3n) is 1.92. The van der Waals surface area contributed by atoms with Crippen LogP contribution in [-0.4, -0.2) is 19.6 Å². The molecule has 0 bridgehead atoms. The maximum Gasteiger partial charge on any atom is 0.159 e. The third-order valence-corrected chi connectivity index (χ3v) is 1.92. The molecular formula is C8H9N3O. The first-order valence-electron chi connectivity index (χ1n) is 3.65. The van der Waals surface area contributed by atoms with Crippen molar-refractivity contribution in [3.63, 3.8) is 0 Å². The number of aromatic nitrogens is 3. The number of hydrogen-bond donors (Lipinski definition) is 1. The van der Waals surface area contributed by atoms with Gasteiger partial charge in [0.1, 0.15) is 11.8 Å². The third kappa shape index (κ3) is 0.777. The van der Waals surface area contributed by atoms with Crippen LogP contribution in [0, 0.1) is 6.92 Å². The molecular weight excluding hydrogens is 154 g/mol. The van der Waals surface area contributed by atoms with Gasteiger partial charge in [0.05, 0.1) is 11.2 Å². The average Bonchev–Trinajstić information content (AvgIpc) is 2.29. The lowest BCUT2D eigenvalue weighted by atomic mass is 10.3. The average molecular weight is 163 g/mol. The van der Waals surface area contributed by atoms with Crippen LogP contribution in [0.5, 0.6) is 5.75 Å². The molecule has 2 heterocycles. The summed E-state index contributed by atoms with van der Waals surface area (Å²) < 4.78 is 1.82. The molecule has 0 aliphatic heterocycles. The molecule has 2 aromatic heterocycles. The number of fused-ring (bicyclic) bond motifs is 1. The molecule has 0 spiro atoms. The van der Waals surface area contributed by atoms with Crippen LogP contribution in [0.15, 0.2) is 12.5 Å². The summed E-state index contributed by atoms with van der Waals surface area (Å²) in [7, 11) is 1.86. The molecule has 62 valence electrons. The summed E-state index contributed by atoms with van der Waals surface area (Å²) in [6.45, 7) is 1.89. The molecule has 0 amide bonds. The van der Waals surface area contributed by atoms with Gasteiger partial charge in [-0.3, -0.25) is 0 Å². The second kappa shape index (κ2) is 2.20. The minimum atomic E-state index is 0.206. The zero-order chi connectivity index (χ0) is 8.72. The summed E-state index contributed by atoms with van der Waals surface area (Å²) in [6.07, 6.45) is 3.09. The van der Waals surface area contributed by atoms with Gasteiger partial charge in [0, 0.05) is 13.2 Å². The first-order chi connectivity index (χ1) is 5.70. The lowest BCUT2D eigenvalue weighted by Crippen LogP contribution is -1.91. The van der Waals surface area contributed by atoms with E-state index in [4.69, 9.17) is 0 Å². The predicted molar refractivity (Wildman–Crippen MR) is 44.9 cm³/mol. The normalized spacial score (nSPS) is 10.8. The number of rotatable bonds is 0. The van der Waals surface area contributed by atoms with Crippen LogP contribution in [0.25, 0.3) is 11.0 Å². The van der Waals surface area contributed by atoms with Crippen LogP contribution in [0.4, 0.5) is 0 Å². The van der Waals surface area contributed by atoms with Gasteiger partial charge in [0.2, 0.25) is 0 Å². The van der Waals surface area contributed by atoms with Gasteiger partial charge in [0.25, 0.3) is 0 Å². The van der Waals surface area contributed by atoms with E-state index >= 15 is 0 Å². The quantitative estimate of drug-likeness (QED) is 0.629. The van der Waals surface area contributed by atoms with Crippen molar-refractivity contribution in [2.75, 3.05) is 0 Å². The van der Waals surface area contributed by atoms with Crippen molar-refractivity contribution < 1.29 is 5.11 Å². The fourth-order valence-electron chi connectivity index (χ4n) is 1.39. The van der Waals surface area contributed by atoms with E-state index in [1.54, 1.807) is 6.20 Å². The topological polar surface area (TPSA) is 50.9 Å². The smallest absolute Gasteiger partial charge is 0.159 e. The first kappa shape index (κ1) is 7.09. The zero-order valence-electron chi connectivity index (χ0n) is 6.94. The van der Waals surface area contributed by atoms with Gasteiger partial charge < -0.3 is 9.67 Å². The van der Waals surface area contributed by atoms with Crippen molar-refractivity contribution in [2.45, 2.75) is 6.92 Å². The van der Waals surface area contributed by atoms with Gasteiger partial charge in [-0.15, -0.1) is 0 Å². The summed E-state index contributed by atoms with van der Waals surface area (Å²) in [5.41, 5.74) is 2.38. The fourth-order valence-corrected chi connectivity index (χ4v) is 1.39. The van der Waals surface area contributed by atoms with E-state index in [1.807, 2.05) is 18.5 Å². The van der Waals surface area contributed by atoms with Crippen LogP contribution in [0.1, 0.15) is 5.69 Å². The molecule has 0 saturated heterocycles. The van der Waals surface area contributed by atoms with E-state index in [-0.39, 0.29) is 5.75 Å². The van der Waals surface area contributed by atoms with E-state index in [1.165, 1.54) is 6.33 Å². The van der Waals surface area contributed by atoms with Gasteiger partial charge >= 0.3 is 0 Å². The van der Waals surface area contributed by atoms with Crippen LogP contribution in [0.3, 0.4) is 0 Å². The number of hydrogen-bond acceptors (Lipinski definition) is 3. The second-order valence-electron chi connectivity index (χ2n) is 2.78. The van der Waals surface area contributed by atoms with Crippen LogP contribution >= 0.6 is 0 Å². The van der Waals surface area contributed by atoms with Crippen molar-refractivity contribution >= 4 is 11.0 Å². The SMILES string of the molecule is Cc1ncnc2c(O)cn(C)c12. The van der Waals surface area contributed by atoms with Gasteiger partial charge in [-0.1, -0.05) is 0 Å². The second-order valence-corrected chi connectivity index (χ2v) is 2.78. The van der Waals surface area contributed by atoms with Crippen molar-refractivity contribution in [1.29, 1.82) is 0 Å². The number of aromatic hydroxyl groups is 1. The highest BCUT2D eigenvalue weighted by atomic mass is 16.3. The molecule has 0 aliphatic rings. The maximum absolute atomic E-state index is 9.41. The minimum absolute atomic E-state index is 0.206. The lowest BCUT2D eigenvalue weighted by Gasteiger charge is -1.96. The Hall–Kier alpha value is -1.58. The van der Waals surface area contributed by atoms with Crippen molar-refractivity contribution in [3.8, 4) is 5.75 Å². The Balaban J connectivity index is 2.99. The molecule has 12 heavy (non-hydrogen) atoms. The van der Waals surface area contributed by atoms with E-state index < -0.39 is 0 Å². The zero-order valence-corrected chi connectivity index (χ0v) is 6.94. The Kier molecular flexibility index (Phi) is 1.30. The van der Waals surface area contributed by atoms with Gasteiger partial charge in [0.15, 0.2) is 5.75 Å². The van der Waals surface area contributed by atoms with Gasteiger partial charge in [-0.05, 0) is 6.92 Å². The van der Waals surface area contributed by atoms with Crippen LogP contribution in [0.2, 0.25) is 0 Å². The van der Waals surface area contributed by atoms with Crippen LogP contribution < -0.4 is 0 Å². The van der Waals surface area contributed by atoms with Crippen molar-refractivity contribution in [1.82, 2.24) is 14.5 Å². The number of aryl methyl sites for hydroxylation is 2. The molecule has 0 aromatic carbocycles.